The predicted octanol–water partition coefficient (Wildman–Crippen LogP) is 6.23. The number of fused-ring (bicyclic) bond motifs is 1. The Morgan fingerprint density at radius 2 is 1.70 bits per heavy atom. The molecule has 0 saturated heterocycles. The van der Waals surface area contributed by atoms with Crippen molar-refractivity contribution in [1.82, 2.24) is 0 Å². The van der Waals surface area contributed by atoms with E-state index < -0.39 is 0 Å². The summed E-state index contributed by atoms with van der Waals surface area (Å²) < 4.78 is 1.16. The van der Waals surface area contributed by atoms with Crippen LogP contribution in [0.4, 0.5) is 5.69 Å². The van der Waals surface area contributed by atoms with Crippen LogP contribution in [0.15, 0.2) is 40.9 Å². The van der Waals surface area contributed by atoms with Gasteiger partial charge in [0.15, 0.2) is 0 Å². The van der Waals surface area contributed by atoms with Crippen LogP contribution < -0.4 is 5.32 Å². The average molecular weight is 334 g/mol. The second kappa shape index (κ2) is 7.12. The molecule has 108 valence electrons. The Morgan fingerprint density at radius 1 is 1.00 bits per heavy atom. The van der Waals surface area contributed by atoms with Gasteiger partial charge in [-0.15, -0.1) is 0 Å². The van der Waals surface area contributed by atoms with Gasteiger partial charge < -0.3 is 5.32 Å². The normalized spacial score (nSPS) is 14.2. The van der Waals surface area contributed by atoms with E-state index in [1.807, 2.05) is 0 Å². The van der Waals surface area contributed by atoms with Crippen molar-refractivity contribution in [2.24, 2.45) is 5.92 Å². The lowest BCUT2D eigenvalue weighted by Gasteiger charge is -2.22. The SMILES string of the molecule is CCC(C)CC(CC)Nc1ccc(Br)c2ccccc12. The first-order valence-corrected chi connectivity index (χ1v) is 8.38. The van der Waals surface area contributed by atoms with Gasteiger partial charge in [-0.05, 0) is 36.3 Å². The molecule has 0 heterocycles. The van der Waals surface area contributed by atoms with Gasteiger partial charge >= 0.3 is 0 Å². The number of hydrogen-bond donors (Lipinski definition) is 1. The molecule has 0 bridgehead atoms. The number of halogens is 1. The van der Waals surface area contributed by atoms with Crippen molar-refractivity contribution in [2.75, 3.05) is 5.32 Å². The summed E-state index contributed by atoms with van der Waals surface area (Å²) >= 11 is 3.64. The predicted molar refractivity (Wildman–Crippen MR) is 93.4 cm³/mol. The summed E-state index contributed by atoms with van der Waals surface area (Å²) in [6, 6.07) is 13.4. The molecule has 1 nitrogen and oxygen atoms in total. The first-order valence-electron chi connectivity index (χ1n) is 7.59. The maximum atomic E-state index is 3.74. The van der Waals surface area contributed by atoms with Gasteiger partial charge in [0.2, 0.25) is 0 Å². The maximum Gasteiger partial charge on any atom is 0.0422 e. The molecule has 2 rings (SSSR count). The van der Waals surface area contributed by atoms with Crippen LogP contribution in [0.3, 0.4) is 0 Å². The van der Waals surface area contributed by atoms with Crippen LogP contribution in [0.25, 0.3) is 10.8 Å². The standard InChI is InChI=1S/C18H24BrN/c1-4-13(3)12-14(5-2)20-18-11-10-17(19)15-8-6-7-9-16(15)18/h6-11,13-14,20H,4-5,12H2,1-3H3. The largest absolute Gasteiger partial charge is 0.382 e. The van der Waals surface area contributed by atoms with E-state index in [2.05, 4.69) is 78.4 Å². The summed E-state index contributed by atoms with van der Waals surface area (Å²) in [6.45, 7) is 6.87. The fourth-order valence-electron chi connectivity index (χ4n) is 2.59. The highest BCUT2D eigenvalue weighted by atomic mass is 79.9. The number of nitrogens with one attached hydrogen (secondary N) is 1. The third-order valence-electron chi connectivity index (χ3n) is 4.11. The average Bonchev–Trinajstić information content (AvgIpc) is 2.49. The van der Waals surface area contributed by atoms with Gasteiger partial charge in [0.05, 0.1) is 0 Å². The molecule has 0 radical (unpaired) electrons. The first kappa shape index (κ1) is 15.4. The van der Waals surface area contributed by atoms with Crippen molar-refractivity contribution in [3.8, 4) is 0 Å². The lowest BCUT2D eigenvalue weighted by Crippen LogP contribution is -2.21. The molecule has 0 aliphatic heterocycles. The molecule has 2 aromatic rings. The molecule has 0 aliphatic carbocycles. The van der Waals surface area contributed by atoms with Crippen molar-refractivity contribution in [1.29, 1.82) is 0 Å². The van der Waals surface area contributed by atoms with E-state index in [-0.39, 0.29) is 0 Å². The van der Waals surface area contributed by atoms with Crippen LogP contribution >= 0.6 is 15.9 Å². The zero-order valence-electron chi connectivity index (χ0n) is 12.6. The third kappa shape index (κ3) is 3.54. The van der Waals surface area contributed by atoms with E-state index in [0.717, 1.165) is 16.8 Å². The summed E-state index contributed by atoms with van der Waals surface area (Å²) in [5, 5.41) is 6.31. The fraction of sp³-hybridized carbons (Fsp3) is 0.444. The van der Waals surface area contributed by atoms with E-state index in [1.54, 1.807) is 0 Å². The highest BCUT2D eigenvalue weighted by Gasteiger charge is 2.12. The van der Waals surface area contributed by atoms with Crippen molar-refractivity contribution in [3.05, 3.63) is 40.9 Å². The maximum absolute atomic E-state index is 3.74. The summed E-state index contributed by atoms with van der Waals surface area (Å²) in [6.07, 6.45) is 3.64. The molecule has 0 aliphatic rings. The number of rotatable bonds is 6. The van der Waals surface area contributed by atoms with E-state index >= 15 is 0 Å². The quantitative estimate of drug-likeness (QED) is 0.660. The van der Waals surface area contributed by atoms with Gasteiger partial charge in [-0.3, -0.25) is 0 Å². The highest BCUT2D eigenvalue weighted by Crippen LogP contribution is 2.31. The Labute approximate surface area is 130 Å². The minimum atomic E-state index is 0.550. The Bertz CT molecular complexity index is 564. The molecule has 2 atom stereocenters. The Balaban J connectivity index is 2.26. The lowest BCUT2D eigenvalue weighted by atomic mass is 9.97. The van der Waals surface area contributed by atoms with Crippen LogP contribution in [-0.2, 0) is 0 Å². The summed E-state index contributed by atoms with van der Waals surface area (Å²) in [4.78, 5) is 0. The fourth-order valence-corrected chi connectivity index (χ4v) is 3.07. The molecule has 0 spiro atoms. The monoisotopic (exact) mass is 333 g/mol. The third-order valence-corrected chi connectivity index (χ3v) is 4.80. The number of benzene rings is 2. The molecule has 2 heteroatoms. The second-order valence-corrected chi connectivity index (χ2v) is 6.49. The van der Waals surface area contributed by atoms with Gasteiger partial charge in [-0.1, -0.05) is 67.4 Å². The van der Waals surface area contributed by atoms with Gasteiger partial charge in [-0.25, -0.2) is 0 Å². The van der Waals surface area contributed by atoms with Gasteiger partial charge in [0.25, 0.3) is 0 Å². The van der Waals surface area contributed by atoms with Crippen molar-refractivity contribution in [2.45, 2.75) is 46.1 Å². The van der Waals surface area contributed by atoms with E-state index in [1.165, 1.54) is 29.3 Å². The topological polar surface area (TPSA) is 12.0 Å². The van der Waals surface area contributed by atoms with E-state index in [0.29, 0.717) is 6.04 Å². The van der Waals surface area contributed by atoms with Crippen LogP contribution in [0.2, 0.25) is 0 Å². The zero-order chi connectivity index (χ0) is 14.5. The Kier molecular flexibility index (Phi) is 5.47. The van der Waals surface area contributed by atoms with E-state index in [4.69, 9.17) is 0 Å². The van der Waals surface area contributed by atoms with Crippen LogP contribution in [0, 0.1) is 5.92 Å². The summed E-state index contributed by atoms with van der Waals surface area (Å²) in [5.74, 6) is 0.772. The molecule has 0 amide bonds. The molecular weight excluding hydrogens is 310 g/mol. The highest BCUT2D eigenvalue weighted by molar-refractivity contribution is 9.10. The number of anilines is 1. The van der Waals surface area contributed by atoms with Gasteiger partial charge in [0, 0.05) is 21.6 Å². The minimum Gasteiger partial charge on any atom is -0.382 e. The molecule has 0 aromatic heterocycles. The Morgan fingerprint density at radius 3 is 2.35 bits per heavy atom. The zero-order valence-corrected chi connectivity index (χ0v) is 14.2. The van der Waals surface area contributed by atoms with Crippen molar-refractivity contribution in [3.63, 3.8) is 0 Å². The molecule has 1 N–H and O–H groups in total. The van der Waals surface area contributed by atoms with Crippen molar-refractivity contribution < 1.29 is 0 Å². The second-order valence-electron chi connectivity index (χ2n) is 5.64. The molecule has 2 unspecified atom stereocenters. The molecular formula is C18H24BrN. The molecule has 20 heavy (non-hydrogen) atoms. The Hall–Kier alpha value is -1.02. The lowest BCUT2D eigenvalue weighted by molar-refractivity contribution is 0.462. The smallest absolute Gasteiger partial charge is 0.0422 e. The summed E-state index contributed by atoms with van der Waals surface area (Å²) in [7, 11) is 0. The van der Waals surface area contributed by atoms with Gasteiger partial charge in [-0.2, -0.15) is 0 Å². The van der Waals surface area contributed by atoms with Crippen LogP contribution in [0.1, 0.15) is 40.0 Å². The van der Waals surface area contributed by atoms with E-state index in [9.17, 15) is 0 Å². The molecule has 0 fully saturated rings. The first-order chi connectivity index (χ1) is 9.65. The minimum absolute atomic E-state index is 0.550. The van der Waals surface area contributed by atoms with Crippen molar-refractivity contribution >= 4 is 32.4 Å². The summed E-state index contributed by atoms with van der Waals surface area (Å²) in [5.41, 5.74) is 1.25. The molecule has 0 saturated carbocycles. The molecule has 2 aromatic carbocycles. The van der Waals surface area contributed by atoms with Crippen LogP contribution in [-0.4, -0.2) is 6.04 Å². The number of hydrogen-bond acceptors (Lipinski definition) is 1. The van der Waals surface area contributed by atoms with Gasteiger partial charge in [0.1, 0.15) is 0 Å². The van der Waals surface area contributed by atoms with Crippen LogP contribution in [0.5, 0.6) is 0 Å².